The molecule has 0 N–H and O–H groups in total. The largest absolute Gasteiger partial charge is 0.376 e. The van der Waals surface area contributed by atoms with Crippen molar-refractivity contribution in [2.24, 2.45) is 5.92 Å². The Morgan fingerprint density at radius 1 is 1.24 bits per heavy atom. The van der Waals surface area contributed by atoms with E-state index in [2.05, 4.69) is 9.88 Å². The Balaban J connectivity index is 1.58. The van der Waals surface area contributed by atoms with Crippen LogP contribution in [0.4, 0.5) is 0 Å². The zero-order valence-corrected chi connectivity index (χ0v) is 16.2. The SMILES string of the molecule is O=S(=O)(CC1CC1)c1ncc(CN2CCSCC2)n1CC1CCCO1. The molecule has 0 radical (unpaired) electrons. The summed E-state index contributed by atoms with van der Waals surface area (Å²) in [6.07, 6.45) is 6.01. The molecule has 0 amide bonds. The third-order valence-corrected chi connectivity index (χ3v) is 7.97. The molecule has 1 aliphatic carbocycles. The van der Waals surface area contributed by atoms with E-state index in [9.17, 15) is 8.42 Å². The Morgan fingerprint density at radius 2 is 2.04 bits per heavy atom. The third-order valence-electron chi connectivity index (χ3n) is 5.23. The van der Waals surface area contributed by atoms with Crippen molar-refractivity contribution in [3.8, 4) is 0 Å². The van der Waals surface area contributed by atoms with Crippen LogP contribution in [0.25, 0.3) is 0 Å². The maximum Gasteiger partial charge on any atom is 0.227 e. The van der Waals surface area contributed by atoms with Gasteiger partial charge in [-0.05, 0) is 31.6 Å². The number of sulfone groups is 1. The van der Waals surface area contributed by atoms with E-state index >= 15 is 0 Å². The first-order valence-electron chi connectivity index (χ1n) is 9.31. The van der Waals surface area contributed by atoms with E-state index in [1.54, 1.807) is 6.20 Å². The van der Waals surface area contributed by atoms with Crippen LogP contribution in [0, 0.1) is 5.92 Å². The van der Waals surface area contributed by atoms with Crippen LogP contribution in [-0.4, -0.2) is 65.9 Å². The van der Waals surface area contributed by atoms with Gasteiger partial charge in [-0.2, -0.15) is 11.8 Å². The summed E-state index contributed by atoms with van der Waals surface area (Å²) in [5.74, 6) is 2.87. The second-order valence-corrected chi connectivity index (χ2v) is 10.5. The highest BCUT2D eigenvalue weighted by molar-refractivity contribution is 7.99. The molecule has 3 aliphatic rings. The minimum atomic E-state index is -3.32. The Hall–Kier alpha value is -0.570. The van der Waals surface area contributed by atoms with E-state index in [1.807, 2.05) is 16.3 Å². The zero-order valence-electron chi connectivity index (χ0n) is 14.6. The van der Waals surface area contributed by atoms with Gasteiger partial charge >= 0.3 is 0 Å². The van der Waals surface area contributed by atoms with Crippen molar-refractivity contribution in [1.82, 2.24) is 14.5 Å². The highest BCUT2D eigenvalue weighted by Crippen LogP contribution is 2.32. The van der Waals surface area contributed by atoms with Crippen molar-refractivity contribution in [2.45, 2.75) is 50.0 Å². The third kappa shape index (κ3) is 4.40. The van der Waals surface area contributed by atoms with Crippen LogP contribution in [0.15, 0.2) is 11.4 Å². The van der Waals surface area contributed by atoms with Gasteiger partial charge in [0.25, 0.3) is 0 Å². The van der Waals surface area contributed by atoms with Crippen LogP contribution >= 0.6 is 11.8 Å². The Morgan fingerprint density at radius 3 is 2.72 bits per heavy atom. The number of rotatable bonds is 7. The molecule has 0 aromatic carbocycles. The average molecular weight is 386 g/mol. The Kier molecular flexibility index (Phi) is 5.41. The molecular formula is C17H27N3O3S2. The molecule has 0 spiro atoms. The van der Waals surface area contributed by atoms with E-state index < -0.39 is 9.84 Å². The number of nitrogens with zero attached hydrogens (tertiary/aromatic N) is 3. The first-order chi connectivity index (χ1) is 12.1. The van der Waals surface area contributed by atoms with Crippen LogP contribution in [-0.2, 0) is 27.7 Å². The monoisotopic (exact) mass is 385 g/mol. The van der Waals surface area contributed by atoms with Crippen molar-refractivity contribution in [1.29, 1.82) is 0 Å². The second-order valence-electron chi connectivity index (χ2n) is 7.39. The lowest BCUT2D eigenvalue weighted by atomic mass is 10.2. The molecule has 4 rings (SSSR count). The summed E-state index contributed by atoms with van der Waals surface area (Å²) >= 11 is 1.98. The molecule has 8 heteroatoms. The normalized spacial score (nSPS) is 25.5. The second kappa shape index (κ2) is 7.58. The molecule has 3 fully saturated rings. The molecule has 2 aliphatic heterocycles. The fourth-order valence-electron chi connectivity index (χ4n) is 3.61. The van der Waals surface area contributed by atoms with Gasteiger partial charge in [0.15, 0.2) is 0 Å². The minimum absolute atomic E-state index is 0.111. The highest BCUT2D eigenvalue weighted by atomic mass is 32.2. The summed E-state index contributed by atoms with van der Waals surface area (Å²) in [6, 6.07) is 0. The number of thioether (sulfide) groups is 1. The van der Waals surface area contributed by atoms with Gasteiger partial charge < -0.3 is 9.30 Å². The molecule has 1 atom stereocenters. The van der Waals surface area contributed by atoms with Gasteiger partial charge in [-0.1, -0.05) is 0 Å². The summed E-state index contributed by atoms with van der Waals surface area (Å²) in [4.78, 5) is 6.76. The predicted molar refractivity (Wildman–Crippen MR) is 98.6 cm³/mol. The minimum Gasteiger partial charge on any atom is -0.376 e. The fourth-order valence-corrected chi connectivity index (χ4v) is 6.43. The van der Waals surface area contributed by atoms with Crippen molar-refractivity contribution >= 4 is 21.6 Å². The first kappa shape index (κ1) is 17.8. The van der Waals surface area contributed by atoms with Crippen molar-refractivity contribution < 1.29 is 13.2 Å². The van der Waals surface area contributed by atoms with Gasteiger partial charge in [-0.3, -0.25) is 4.90 Å². The maximum atomic E-state index is 12.8. The van der Waals surface area contributed by atoms with Crippen molar-refractivity contribution in [3.63, 3.8) is 0 Å². The first-order valence-corrected chi connectivity index (χ1v) is 12.1. The van der Waals surface area contributed by atoms with Crippen molar-refractivity contribution in [3.05, 3.63) is 11.9 Å². The molecule has 2 saturated heterocycles. The standard InChI is InChI=1S/C17H27N3O3S2/c21-25(22,13-14-3-4-14)17-18-10-15(11-19-5-8-24-9-6-19)20(17)12-16-2-1-7-23-16/h10,14,16H,1-9,11-13H2. The van der Waals surface area contributed by atoms with Crippen molar-refractivity contribution in [2.75, 3.05) is 37.0 Å². The number of ether oxygens (including phenoxy) is 1. The molecule has 0 bridgehead atoms. The van der Waals surface area contributed by atoms with Crippen LogP contribution in [0.3, 0.4) is 0 Å². The van der Waals surface area contributed by atoms with Crippen LogP contribution in [0.2, 0.25) is 0 Å². The van der Waals surface area contributed by atoms with Crippen LogP contribution < -0.4 is 0 Å². The average Bonchev–Trinajstić information content (AvgIpc) is 3.09. The zero-order chi connectivity index (χ0) is 17.3. The lowest BCUT2D eigenvalue weighted by Gasteiger charge is -2.27. The molecular weight excluding hydrogens is 358 g/mol. The number of imidazole rings is 1. The number of aromatic nitrogens is 2. The van der Waals surface area contributed by atoms with E-state index in [4.69, 9.17) is 4.74 Å². The summed E-state index contributed by atoms with van der Waals surface area (Å²) < 4.78 is 33.4. The smallest absolute Gasteiger partial charge is 0.227 e. The lowest BCUT2D eigenvalue weighted by molar-refractivity contribution is 0.0933. The van der Waals surface area contributed by atoms with E-state index in [-0.39, 0.29) is 17.0 Å². The van der Waals surface area contributed by atoms with E-state index in [1.165, 1.54) is 0 Å². The van der Waals surface area contributed by atoms with Gasteiger partial charge in [0.05, 0.1) is 30.3 Å². The van der Waals surface area contributed by atoms with Gasteiger partial charge in [0, 0.05) is 37.7 Å². The topological polar surface area (TPSA) is 64.4 Å². The van der Waals surface area contributed by atoms with Gasteiger partial charge in [0.1, 0.15) is 0 Å². The molecule has 3 heterocycles. The summed E-state index contributed by atoms with van der Waals surface area (Å²) in [7, 11) is -3.32. The van der Waals surface area contributed by atoms with Gasteiger partial charge in [-0.25, -0.2) is 13.4 Å². The summed E-state index contributed by atoms with van der Waals surface area (Å²) in [5, 5.41) is 0.260. The van der Waals surface area contributed by atoms with E-state index in [0.29, 0.717) is 12.5 Å². The number of hydrogen-bond acceptors (Lipinski definition) is 6. The van der Waals surface area contributed by atoms with Crippen LogP contribution in [0.5, 0.6) is 0 Å². The van der Waals surface area contributed by atoms with Gasteiger partial charge in [-0.15, -0.1) is 0 Å². The predicted octanol–water partition coefficient (Wildman–Crippen LogP) is 1.79. The molecule has 140 valence electrons. The lowest BCUT2D eigenvalue weighted by Crippen LogP contribution is -2.33. The molecule has 1 aromatic heterocycles. The Bertz CT molecular complexity index is 688. The molecule has 1 saturated carbocycles. The summed E-state index contributed by atoms with van der Waals surface area (Å²) in [6.45, 7) is 4.28. The highest BCUT2D eigenvalue weighted by Gasteiger charge is 2.33. The fraction of sp³-hybridized carbons (Fsp3) is 0.824. The summed E-state index contributed by atoms with van der Waals surface area (Å²) in [5.41, 5.74) is 1.01. The van der Waals surface area contributed by atoms with Crippen LogP contribution in [0.1, 0.15) is 31.4 Å². The number of hydrogen-bond donors (Lipinski definition) is 0. The van der Waals surface area contributed by atoms with E-state index in [0.717, 1.165) is 69.1 Å². The molecule has 1 unspecified atom stereocenters. The Labute approximate surface area is 154 Å². The molecule has 1 aromatic rings. The molecule has 25 heavy (non-hydrogen) atoms. The molecule has 6 nitrogen and oxygen atoms in total. The van der Waals surface area contributed by atoms with Gasteiger partial charge in [0.2, 0.25) is 15.0 Å². The maximum absolute atomic E-state index is 12.8. The quantitative estimate of drug-likeness (QED) is 0.713.